The minimum Gasteiger partial charge on any atom is -0.497 e. The first-order chi connectivity index (χ1) is 17.1. The third kappa shape index (κ3) is 5.11. The first kappa shape index (κ1) is 23.2. The number of nitrogens with zero attached hydrogens (tertiary/aromatic N) is 2. The highest BCUT2D eigenvalue weighted by Gasteiger charge is 2.32. The van der Waals surface area contributed by atoms with Gasteiger partial charge in [-0.3, -0.25) is 9.69 Å². The van der Waals surface area contributed by atoms with Gasteiger partial charge in [0.2, 0.25) is 0 Å². The predicted molar refractivity (Wildman–Crippen MR) is 146 cm³/mol. The van der Waals surface area contributed by atoms with E-state index in [1.54, 1.807) is 12.0 Å². The number of ether oxygens (including phenoxy) is 2. The Morgan fingerprint density at radius 3 is 2.43 bits per heavy atom. The van der Waals surface area contributed by atoms with Crippen LogP contribution in [0.5, 0.6) is 11.5 Å². The highest BCUT2D eigenvalue weighted by Crippen LogP contribution is 2.35. The van der Waals surface area contributed by atoms with Gasteiger partial charge in [-0.25, -0.2) is 0 Å². The fourth-order valence-corrected chi connectivity index (χ4v) is 5.30. The van der Waals surface area contributed by atoms with Crippen LogP contribution in [-0.4, -0.2) is 33.4 Å². The maximum Gasteiger partial charge on any atom is 0.266 e. The summed E-state index contributed by atoms with van der Waals surface area (Å²) in [6, 6.07) is 25.7. The van der Waals surface area contributed by atoms with E-state index in [0.717, 1.165) is 33.5 Å². The van der Waals surface area contributed by atoms with Crippen LogP contribution in [0.2, 0.25) is 0 Å². The van der Waals surface area contributed by atoms with Crippen molar-refractivity contribution in [3.8, 4) is 11.5 Å². The Morgan fingerprint density at radius 2 is 1.66 bits per heavy atom. The van der Waals surface area contributed by atoms with E-state index in [2.05, 4.69) is 22.9 Å². The Hall–Kier alpha value is -3.55. The summed E-state index contributed by atoms with van der Waals surface area (Å²) in [5.74, 6) is 1.54. The summed E-state index contributed by atoms with van der Waals surface area (Å²) in [5, 5.41) is 1.09. The van der Waals surface area contributed by atoms with Crippen molar-refractivity contribution >= 4 is 51.2 Å². The lowest BCUT2D eigenvalue weighted by Crippen LogP contribution is -2.27. The van der Waals surface area contributed by atoms with Crippen LogP contribution in [0.1, 0.15) is 11.1 Å². The average Bonchev–Trinajstić information content (AvgIpc) is 3.37. The van der Waals surface area contributed by atoms with Gasteiger partial charge in [0, 0.05) is 22.7 Å². The molecule has 0 spiro atoms. The number of rotatable bonds is 8. The van der Waals surface area contributed by atoms with Crippen LogP contribution in [0.4, 0.5) is 0 Å². The minimum atomic E-state index is -0.0523. The topological polar surface area (TPSA) is 43.7 Å². The summed E-state index contributed by atoms with van der Waals surface area (Å²) in [6.45, 7) is 1.67. The number of thiocarbonyl (C=S) groups is 1. The monoisotopic (exact) mass is 500 g/mol. The van der Waals surface area contributed by atoms with Crippen molar-refractivity contribution in [2.45, 2.75) is 13.1 Å². The zero-order valence-corrected chi connectivity index (χ0v) is 20.9. The van der Waals surface area contributed by atoms with Crippen LogP contribution in [0.15, 0.2) is 90.0 Å². The van der Waals surface area contributed by atoms with Gasteiger partial charge in [0.1, 0.15) is 22.4 Å². The molecule has 0 unspecified atom stereocenters. The van der Waals surface area contributed by atoms with Gasteiger partial charge < -0.3 is 14.0 Å². The fraction of sp³-hybridized carbons (Fsp3) is 0.143. The molecule has 0 bridgehead atoms. The third-order valence-electron chi connectivity index (χ3n) is 5.82. The van der Waals surface area contributed by atoms with Gasteiger partial charge in [-0.15, -0.1) is 0 Å². The van der Waals surface area contributed by atoms with Crippen molar-refractivity contribution in [2.24, 2.45) is 0 Å². The standard InChI is InChI=1S/C28H24N2O3S2/c1-32-22-11-13-23(14-12-22)33-16-15-29-19-21(24-9-5-6-10-25(24)29)17-26-27(31)30(28(34)35-26)18-20-7-3-2-4-8-20/h2-14,17,19H,15-16,18H2,1H3. The quantitative estimate of drug-likeness (QED) is 0.215. The maximum absolute atomic E-state index is 13.2. The van der Waals surface area contributed by atoms with Crippen molar-refractivity contribution in [2.75, 3.05) is 13.7 Å². The number of benzene rings is 3. The second kappa shape index (κ2) is 10.4. The van der Waals surface area contributed by atoms with Gasteiger partial charge in [0.05, 0.1) is 25.1 Å². The normalized spacial score (nSPS) is 14.8. The molecule has 1 saturated heterocycles. The Morgan fingerprint density at radius 1 is 0.943 bits per heavy atom. The Labute approximate surface area is 214 Å². The molecule has 3 aromatic carbocycles. The Kier molecular flexibility index (Phi) is 6.88. The largest absolute Gasteiger partial charge is 0.497 e. The molecule has 176 valence electrons. The molecule has 1 fully saturated rings. The molecule has 1 aliphatic rings. The fourth-order valence-electron chi connectivity index (χ4n) is 4.05. The second-order valence-corrected chi connectivity index (χ2v) is 9.75. The predicted octanol–water partition coefficient (Wildman–Crippen LogP) is 6.13. The lowest BCUT2D eigenvalue weighted by atomic mass is 10.1. The summed E-state index contributed by atoms with van der Waals surface area (Å²) in [7, 11) is 1.64. The van der Waals surface area contributed by atoms with Crippen molar-refractivity contribution < 1.29 is 14.3 Å². The van der Waals surface area contributed by atoms with E-state index in [1.807, 2.05) is 72.8 Å². The van der Waals surface area contributed by atoms with Crippen LogP contribution in [0.3, 0.4) is 0 Å². The number of thioether (sulfide) groups is 1. The van der Waals surface area contributed by atoms with E-state index in [4.69, 9.17) is 21.7 Å². The van der Waals surface area contributed by atoms with E-state index in [-0.39, 0.29) is 5.91 Å². The summed E-state index contributed by atoms with van der Waals surface area (Å²) in [5.41, 5.74) is 3.14. The molecule has 0 radical (unpaired) electrons. The number of aromatic nitrogens is 1. The van der Waals surface area contributed by atoms with Crippen LogP contribution in [0, 0.1) is 0 Å². The van der Waals surface area contributed by atoms with Crippen LogP contribution < -0.4 is 9.47 Å². The highest BCUT2D eigenvalue weighted by atomic mass is 32.2. The van der Waals surface area contributed by atoms with Crippen LogP contribution in [-0.2, 0) is 17.9 Å². The molecule has 1 aliphatic heterocycles. The molecular weight excluding hydrogens is 476 g/mol. The van der Waals surface area contributed by atoms with Gasteiger partial charge >= 0.3 is 0 Å². The van der Waals surface area contributed by atoms with Crippen molar-refractivity contribution in [3.05, 3.63) is 101 Å². The van der Waals surface area contributed by atoms with E-state index in [0.29, 0.717) is 28.9 Å². The van der Waals surface area contributed by atoms with E-state index in [9.17, 15) is 4.79 Å². The lowest BCUT2D eigenvalue weighted by Gasteiger charge is -2.14. The number of amides is 1. The number of carbonyl (C=O) groups excluding carboxylic acids is 1. The highest BCUT2D eigenvalue weighted by molar-refractivity contribution is 8.26. The van der Waals surface area contributed by atoms with Crippen LogP contribution >= 0.6 is 24.0 Å². The number of fused-ring (bicyclic) bond motifs is 1. The van der Waals surface area contributed by atoms with Crippen molar-refractivity contribution in [1.82, 2.24) is 9.47 Å². The summed E-state index contributed by atoms with van der Waals surface area (Å²) < 4.78 is 13.9. The third-order valence-corrected chi connectivity index (χ3v) is 7.20. The Balaban J connectivity index is 1.34. The molecule has 7 heteroatoms. The molecule has 0 atom stereocenters. The molecule has 5 rings (SSSR count). The van der Waals surface area contributed by atoms with Gasteiger partial charge in [0.15, 0.2) is 0 Å². The van der Waals surface area contributed by atoms with E-state index in [1.165, 1.54) is 11.8 Å². The SMILES string of the molecule is COc1ccc(OCCn2cc(C=C3SC(=S)N(Cc4ccccc4)C3=O)c3ccccc32)cc1. The first-order valence-corrected chi connectivity index (χ1v) is 12.5. The molecule has 2 heterocycles. The minimum absolute atomic E-state index is 0.0523. The molecular formula is C28H24N2O3S2. The summed E-state index contributed by atoms with van der Waals surface area (Å²) in [4.78, 5) is 15.5. The molecule has 1 amide bonds. The molecule has 0 N–H and O–H groups in total. The summed E-state index contributed by atoms with van der Waals surface area (Å²) in [6.07, 6.45) is 4.03. The average molecular weight is 501 g/mol. The van der Waals surface area contributed by atoms with Gasteiger partial charge in [-0.2, -0.15) is 0 Å². The van der Waals surface area contributed by atoms with Gasteiger partial charge in [-0.05, 0) is 42.0 Å². The van der Waals surface area contributed by atoms with Gasteiger partial charge in [-0.1, -0.05) is 72.5 Å². The number of hydrogen-bond acceptors (Lipinski definition) is 5. The van der Waals surface area contributed by atoms with Crippen molar-refractivity contribution in [1.29, 1.82) is 0 Å². The zero-order valence-electron chi connectivity index (χ0n) is 19.2. The number of methoxy groups -OCH3 is 1. The smallest absolute Gasteiger partial charge is 0.266 e. The van der Waals surface area contributed by atoms with Gasteiger partial charge in [0.25, 0.3) is 5.91 Å². The Bertz CT molecular complexity index is 1400. The van der Waals surface area contributed by atoms with E-state index < -0.39 is 0 Å². The molecule has 35 heavy (non-hydrogen) atoms. The maximum atomic E-state index is 13.2. The lowest BCUT2D eigenvalue weighted by molar-refractivity contribution is -0.122. The molecule has 0 saturated carbocycles. The van der Waals surface area contributed by atoms with Crippen molar-refractivity contribution in [3.63, 3.8) is 0 Å². The number of hydrogen-bond donors (Lipinski definition) is 0. The molecule has 4 aromatic rings. The van der Waals surface area contributed by atoms with Crippen LogP contribution in [0.25, 0.3) is 17.0 Å². The molecule has 0 aliphatic carbocycles. The number of carbonyl (C=O) groups is 1. The first-order valence-electron chi connectivity index (χ1n) is 11.3. The molecule has 5 nitrogen and oxygen atoms in total. The molecule has 1 aromatic heterocycles. The van der Waals surface area contributed by atoms with E-state index >= 15 is 0 Å². The summed E-state index contributed by atoms with van der Waals surface area (Å²) >= 11 is 6.88. The second-order valence-electron chi connectivity index (χ2n) is 8.07. The zero-order chi connectivity index (χ0) is 24.2. The number of para-hydroxylation sites is 1.